The fourth-order valence-corrected chi connectivity index (χ4v) is 4.75. The summed E-state index contributed by atoms with van der Waals surface area (Å²) in [4.78, 5) is 29.8. The third kappa shape index (κ3) is 6.44. The summed E-state index contributed by atoms with van der Waals surface area (Å²) in [6.07, 6.45) is 2.19. The topological polar surface area (TPSA) is 85.7 Å². The summed E-state index contributed by atoms with van der Waals surface area (Å²) in [6.45, 7) is 11.4. The number of hydrogen-bond donors (Lipinski definition) is 1. The molecule has 192 valence electrons. The molecular weight excluding hydrogens is 452 g/mol. The molecule has 0 bridgehead atoms. The third-order valence-corrected chi connectivity index (χ3v) is 6.29. The van der Waals surface area contributed by atoms with Crippen LogP contribution in [0.1, 0.15) is 64.1 Å². The summed E-state index contributed by atoms with van der Waals surface area (Å²) < 4.78 is 5.75. The van der Waals surface area contributed by atoms with E-state index in [1.54, 1.807) is 4.90 Å². The van der Waals surface area contributed by atoms with Crippen LogP contribution in [0.5, 0.6) is 0 Å². The van der Waals surface area contributed by atoms with Crippen molar-refractivity contribution in [3.05, 3.63) is 59.7 Å². The van der Waals surface area contributed by atoms with E-state index < -0.39 is 11.5 Å². The molecule has 1 N–H and O–H groups in total. The first-order valence-corrected chi connectivity index (χ1v) is 12.6. The first kappa shape index (κ1) is 27.2. The number of piperazine rings is 1. The van der Waals surface area contributed by atoms with Crippen molar-refractivity contribution in [2.75, 3.05) is 26.7 Å². The molecule has 1 saturated heterocycles. The number of carbonyl (C=O) groups is 2. The highest BCUT2D eigenvalue weighted by molar-refractivity contribution is 5.88. The monoisotopic (exact) mass is 490 g/mol. The van der Waals surface area contributed by atoms with E-state index in [0.29, 0.717) is 26.1 Å². The third-order valence-electron chi connectivity index (χ3n) is 6.29. The van der Waals surface area contributed by atoms with Gasteiger partial charge in [0, 0.05) is 26.7 Å². The fraction of sp³-hybridized carbons (Fsp3) is 0.483. The number of carbonyl (C=O) groups excluding carboxylic acids is 2. The largest absolute Gasteiger partial charge is 0.444 e. The van der Waals surface area contributed by atoms with Crippen molar-refractivity contribution >= 4 is 12.0 Å². The Morgan fingerprint density at radius 2 is 1.86 bits per heavy atom. The number of likely N-dealkylation sites (N-methyl/N-ethyl adjacent to an activating group) is 1. The zero-order valence-electron chi connectivity index (χ0n) is 22.2. The zero-order chi connectivity index (χ0) is 26.5. The number of amides is 2. The molecule has 2 amide bonds. The molecule has 0 spiro atoms. The summed E-state index contributed by atoms with van der Waals surface area (Å²) in [6, 6.07) is 15.7. The molecule has 2 aromatic carbocycles. The normalized spacial score (nSPS) is 16.8. The van der Waals surface area contributed by atoms with Gasteiger partial charge in [-0.2, -0.15) is 5.26 Å². The lowest BCUT2D eigenvalue weighted by molar-refractivity contribution is -0.129. The number of benzene rings is 2. The van der Waals surface area contributed by atoms with E-state index in [9.17, 15) is 14.9 Å². The molecule has 0 saturated carbocycles. The van der Waals surface area contributed by atoms with Crippen LogP contribution in [-0.2, 0) is 9.53 Å². The van der Waals surface area contributed by atoms with Gasteiger partial charge in [0.05, 0.1) is 12.0 Å². The molecule has 0 aromatic heterocycles. The molecule has 2 unspecified atom stereocenters. The first-order valence-electron chi connectivity index (χ1n) is 12.6. The summed E-state index contributed by atoms with van der Waals surface area (Å²) in [5.74, 6) is -0.568. The SMILES string of the molecule is CC(C)CC(C(=O)N(C)C#N)c1c(-c2ccccc2)cccc1C1CNCCN1C(=O)OC(C)(C)C. The number of nitrogens with zero attached hydrogens (tertiary/aromatic N) is 3. The average Bonchev–Trinajstić information content (AvgIpc) is 2.85. The van der Waals surface area contributed by atoms with Gasteiger partial charge in [0.25, 0.3) is 0 Å². The summed E-state index contributed by atoms with van der Waals surface area (Å²) >= 11 is 0. The molecule has 2 aromatic rings. The Hall–Kier alpha value is -3.37. The summed E-state index contributed by atoms with van der Waals surface area (Å²) in [7, 11) is 1.51. The Morgan fingerprint density at radius 3 is 2.47 bits per heavy atom. The van der Waals surface area contributed by atoms with Crippen molar-refractivity contribution in [1.29, 1.82) is 5.26 Å². The summed E-state index contributed by atoms with van der Waals surface area (Å²) in [5.41, 5.74) is 3.08. The van der Waals surface area contributed by atoms with Gasteiger partial charge >= 0.3 is 6.09 Å². The van der Waals surface area contributed by atoms with Gasteiger partial charge in [-0.1, -0.05) is 62.4 Å². The van der Waals surface area contributed by atoms with Crippen molar-refractivity contribution in [3.8, 4) is 17.3 Å². The van der Waals surface area contributed by atoms with Crippen molar-refractivity contribution in [2.45, 2.75) is 58.6 Å². The van der Waals surface area contributed by atoms with Gasteiger partial charge in [-0.05, 0) is 55.4 Å². The lowest BCUT2D eigenvalue weighted by Crippen LogP contribution is -2.50. The molecule has 3 rings (SSSR count). The van der Waals surface area contributed by atoms with Crippen LogP contribution in [-0.4, -0.2) is 54.1 Å². The second-order valence-electron chi connectivity index (χ2n) is 10.7. The molecule has 1 aliphatic heterocycles. The average molecular weight is 491 g/mol. The molecule has 1 aliphatic rings. The minimum atomic E-state index is -0.618. The minimum Gasteiger partial charge on any atom is -0.444 e. The second kappa shape index (κ2) is 11.6. The van der Waals surface area contributed by atoms with Crippen LogP contribution in [0.4, 0.5) is 4.79 Å². The fourth-order valence-electron chi connectivity index (χ4n) is 4.75. The van der Waals surface area contributed by atoms with E-state index in [4.69, 9.17) is 4.74 Å². The van der Waals surface area contributed by atoms with E-state index in [2.05, 4.69) is 19.2 Å². The first-order chi connectivity index (χ1) is 17.0. The Bertz CT molecular complexity index is 1100. The van der Waals surface area contributed by atoms with Gasteiger partial charge in [-0.3, -0.25) is 14.6 Å². The van der Waals surface area contributed by atoms with Crippen LogP contribution in [0, 0.1) is 17.4 Å². The van der Waals surface area contributed by atoms with E-state index in [1.807, 2.05) is 75.5 Å². The van der Waals surface area contributed by atoms with Crippen molar-refractivity contribution in [3.63, 3.8) is 0 Å². The predicted molar refractivity (Wildman–Crippen MR) is 141 cm³/mol. The van der Waals surface area contributed by atoms with E-state index in [0.717, 1.165) is 27.2 Å². The van der Waals surface area contributed by atoms with E-state index in [1.165, 1.54) is 7.05 Å². The molecule has 0 aliphatic carbocycles. The Morgan fingerprint density at radius 1 is 1.17 bits per heavy atom. The molecule has 7 nitrogen and oxygen atoms in total. The molecule has 7 heteroatoms. The highest BCUT2D eigenvalue weighted by Gasteiger charge is 2.37. The smallest absolute Gasteiger partial charge is 0.410 e. The van der Waals surface area contributed by atoms with Gasteiger partial charge in [0.2, 0.25) is 5.91 Å². The Labute approximate surface area is 215 Å². The lowest BCUT2D eigenvalue weighted by Gasteiger charge is -2.39. The summed E-state index contributed by atoms with van der Waals surface area (Å²) in [5, 5.41) is 13.0. The number of nitriles is 1. The lowest BCUT2D eigenvalue weighted by atomic mass is 9.79. The second-order valence-corrected chi connectivity index (χ2v) is 10.7. The van der Waals surface area contributed by atoms with E-state index >= 15 is 0 Å². The molecule has 1 heterocycles. The van der Waals surface area contributed by atoms with Crippen molar-refractivity contribution < 1.29 is 14.3 Å². The van der Waals surface area contributed by atoms with Gasteiger partial charge in [-0.15, -0.1) is 0 Å². The predicted octanol–water partition coefficient (Wildman–Crippen LogP) is 5.30. The number of ether oxygens (including phenoxy) is 1. The van der Waals surface area contributed by atoms with Crippen LogP contribution in [0.15, 0.2) is 48.5 Å². The number of rotatable bonds is 6. The highest BCUT2D eigenvalue weighted by Crippen LogP contribution is 2.40. The molecule has 2 atom stereocenters. The van der Waals surface area contributed by atoms with Gasteiger partial charge in [0.1, 0.15) is 5.60 Å². The molecular formula is C29H38N4O3. The van der Waals surface area contributed by atoms with Gasteiger partial charge in [0.15, 0.2) is 6.19 Å². The van der Waals surface area contributed by atoms with Crippen LogP contribution in [0.3, 0.4) is 0 Å². The number of hydrogen-bond acceptors (Lipinski definition) is 5. The number of nitrogens with one attached hydrogen (secondary N) is 1. The molecule has 1 fully saturated rings. The van der Waals surface area contributed by atoms with Crippen LogP contribution in [0.2, 0.25) is 0 Å². The van der Waals surface area contributed by atoms with Crippen molar-refractivity contribution in [1.82, 2.24) is 15.1 Å². The van der Waals surface area contributed by atoms with Gasteiger partial charge in [-0.25, -0.2) is 4.79 Å². The maximum absolute atomic E-state index is 13.6. The molecule has 36 heavy (non-hydrogen) atoms. The van der Waals surface area contributed by atoms with Crippen LogP contribution in [0.25, 0.3) is 11.1 Å². The highest BCUT2D eigenvalue weighted by atomic mass is 16.6. The van der Waals surface area contributed by atoms with Crippen molar-refractivity contribution in [2.24, 2.45) is 5.92 Å². The van der Waals surface area contributed by atoms with Crippen LogP contribution >= 0.6 is 0 Å². The van der Waals surface area contributed by atoms with Crippen LogP contribution < -0.4 is 5.32 Å². The van der Waals surface area contributed by atoms with Gasteiger partial charge < -0.3 is 10.1 Å². The standard InChI is InChI=1S/C29H38N4O3/c1-20(2)17-24(27(34)32(6)19-30)26-22(21-11-8-7-9-12-21)13-10-14-23(26)25-18-31-15-16-33(25)28(35)36-29(3,4)5/h7-14,20,24-25,31H,15-18H2,1-6H3. The molecule has 0 radical (unpaired) electrons. The maximum atomic E-state index is 13.6. The van der Waals surface area contributed by atoms with E-state index in [-0.39, 0.29) is 24.0 Å². The quantitative estimate of drug-likeness (QED) is 0.438. The Kier molecular flexibility index (Phi) is 8.75. The maximum Gasteiger partial charge on any atom is 0.410 e. The zero-order valence-corrected chi connectivity index (χ0v) is 22.2. The minimum absolute atomic E-state index is 0.217. The Balaban J connectivity index is 2.23.